The second-order valence-corrected chi connectivity index (χ2v) is 6.34. The Morgan fingerprint density at radius 3 is 2.83 bits per heavy atom. The van der Waals surface area contributed by atoms with Crippen LogP contribution < -0.4 is 0 Å². The zero-order chi connectivity index (χ0) is 17.2. The van der Waals surface area contributed by atoms with Crippen LogP contribution in [0.15, 0.2) is 18.5 Å². The highest BCUT2D eigenvalue weighted by Crippen LogP contribution is 2.39. The van der Waals surface area contributed by atoms with Gasteiger partial charge in [0.05, 0.1) is 18.4 Å². The molecule has 1 spiro atoms. The molecule has 0 radical (unpaired) electrons. The highest BCUT2D eigenvalue weighted by Gasteiger charge is 2.52. The van der Waals surface area contributed by atoms with E-state index in [-0.39, 0.29) is 11.5 Å². The maximum atomic E-state index is 14.0. The minimum atomic E-state index is -0.835. The zero-order valence-electron chi connectivity index (χ0n) is 13.8. The summed E-state index contributed by atoms with van der Waals surface area (Å²) in [6.45, 7) is 2.14. The molecule has 0 aliphatic carbocycles. The number of carbonyl (C=O) groups is 2. The summed E-state index contributed by atoms with van der Waals surface area (Å²) in [5, 5.41) is 0. The van der Waals surface area contributed by atoms with Gasteiger partial charge in [0.2, 0.25) is 5.91 Å². The Hall–Kier alpha value is -2.02. The van der Waals surface area contributed by atoms with E-state index in [2.05, 4.69) is 4.98 Å². The number of amides is 2. The third-order valence-electron chi connectivity index (χ3n) is 5.01. The molecule has 130 valence electrons. The van der Waals surface area contributed by atoms with E-state index in [4.69, 9.17) is 4.74 Å². The van der Waals surface area contributed by atoms with Crippen molar-refractivity contribution < 1.29 is 18.7 Å². The predicted octanol–water partition coefficient (Wildman–Crippen LogP) is 1.46. The van der Waals surface area contributed by atoms with E-state index in [1.165, 1.54) is 12.3 Å². The second-order valence-electron chi connectivity index (χ2n) is 6.34. The maximum Gasteiger partial charge on any atom is 0.257 e. The Morgan fingerprint density at radius 1 is 1.38 bits per heavy atom. The number of carbonyl (C=O) groups excluding carboxylic acids is 2. The van der Waals surface area contributed by atoms with Crippen molar-refractivity contribution in [3.8, 4) is 0 Å². The summed E-state index contributed by atoms with van der Waals surface area (Å²) in [5.74, 6) is -1.11. The Bertz CT molecular complexity index is 639. The van der Waals surface area contributed by atoms with Gasteiger partial charge in [-0.05, 0) is 31.7 Å². The molecule has 0 N–H and O–H groups in total. The molecule has 1 atom stereocenters. The molecular weight excluding hydrogens is 313 g/mol. The number of pyridine rings is 1. The van der Waals surface area contributed by atoms with Gasteiger partial charge in [-0.2, -0.15) is 0 Å². The van der Waals surface area contributed by atoms with Crippen molar-refractivity contribution in [1.29, 1.82) is 0 Å². The average Bonchev–Trinajstić information content (AvgIpc) is 3.01. The summed E-state index contributed by atoms with van der Waals surface area (Å²) in [4.78, 5) is 33.0. The van der Waals surface area contributed by atoms with Gasteiger partial charge >= 0.3 is 0 Å². The van der Waals surface area contributed by atoms with Gasteiger partial charge in [0.1, 0.15) is 5.54 Å². The van der Waals surface area contributed by atoms with Crippen molar-refractivity contribution in [3.05, 3.63) is 29.8 Å². The highest BCUT2D eigenvalue weighted by molar-refractivity contribution is 6.00. The van der Waals surface area contributed by atoms with Crippen LogP contribution in [0.25, 0.3) is 0 Å². The van der Waals surface area contributed by atoms with Crippen LogP contribution in [0, 0.1) is 5.82 Å². The van der Waals surface area contributed by atoms with Gasteiger partial charge in [-0.25, -0.2) is 4.39 Å². The summed E-state index contributed by atoms with van der Waals surface area (Å²) in [6.07, 6.45) is 5.28. The number of likely N-dealkylation sites (tertiary alicyclic amines) is 2. The van der Waals surface area contributed by atoms with Crippen LogP contribution in [-0.2, 0) is 9.53 Å². The third-order valence-corrected chi connectivity index (χ3v) is 5.01. The summed E-state index contributed by atoms with van der Waals surface area (Å²) in [6, 6.07) is 1.37. The van der Waals surface area contributed by atoms with Crippen LogP contribution in [-0.4, -0.2) is 65.5 Å². The van der Waals surface area contributed by atoms with Gasteiger partial charge in [0, 0.05) is 32.9 Å². The van der Waals surface area contributed by atoms with Gasteiger partial charge in [0.15, 0.2) is 5.82 Å². The van der Waals surface area contributed by atoms with E-state index < -0.39 is 17.3 Å². The minimum Gasteiger partial charge on any atom is -0.383 e. The van der Waals surface area contributed by atoms with Gasteiger partial charge in [-0.1, -0.05) is 0 Å². The lowest BCUT2D eigenvalue weighted by Gasteiger charge is -2.44. The Morgan fingerprint density at radius 2 is 2.12 bits per heavy atom. The molecule has 2 amide bonds. The molecule has 0 aromatic carbocycles. The fraction of sp³-hybridized carbons (Fsp3) is 0.588. The van der Waals surface area contributed by atoms with E-state index in [1.54, 1.807) is 16.9 Å². The zero-order valence-corrected chi connectivity index (χ0v) is 13.8. The predicted molar refractivity (Wildman–Crippen MR) is 84.9 cm³/mol. The molecule has 2 saturated heterocycles. The first kappa shape index (κ1) is 16.8. The minimum absolute atomic E-state index is 0.0203. The maximum absolute atomic E-state index is 14.0. The van der Waals surface area contributed by atoms with E-state index in [0.29, 0.717) is 39.1 Å². The van der Waals surface area contributed by atoms with Crippen molar-refractivity contribution in [2.45, 2.75) is 31.2 Å². The standard InChI is InChI=1S/C17H22FN3O3/c1-24-11-10-20-8-2-5-17(16(20)23)6-3-9-21(17)15(22)13-4-7-19-12-14(13)18/h4,7,12H,2-3,5-6,8-11H2,1H3. The molecule has 3 rings (SSSR count). The van der Waals surface area contributed by atoms with E-state index >= 15 is 0 Å². The number of hydrogen-bond acceptors (Lipinski definition) is 4. The van der Waals surface area contributed by atoms with Crippen molar-refractivity contribution in [1.82, 2.24) is 14.8 Å². The molecule has 6 nitrogen and oxygen atoms in total. The van der Waals surface area contributed by atoms with E-state index in [9.17, 15) is 14.0 Å². The number of piperidine rings is 1. The smallest absolute Gasteiger partial charge is 0.257 e. The quantitative estimate of drug-likeness (QED) is 0.836. The van der Waals surface area contributed by atoms with Crippen molar-refractivity contribution in [3.63, 3.8) is 0 Å². The lowest BCUT2D eigenvalue weighted by molar-refractivity contribution is -0.146. The lowest BCUT2D eigenvalue weighted by atomic mass is 9.85. The molecule has 1 aromatic heterocycles. The molecule has 2 aliphatic heterocycles. The Kier molecular flexibility index (Phi) is 4.80. The van der Waals surface area contributed by atoms with Crippen molar-refractivity contribution >= 4 is 11.8 Å². The number of nitrogens with zero attached hydrogens (tertiary/aromatic N) is 3. The van der Waals surface area contributed by atoms with Crippen molar-refractivity contribution in [2.75, 3.05) is 33.4 Å². The largest absolute Gasteiger partial charge is 0.383 e. The summed E-state index contributed by atoms with van der Waals surface area (Å²) in [7, 11) is 1.60. The van der Waals surface area contributed by atoms with Gasteiger partial charge in [0.25, 0.3) is 5.91 Å². The highest BCUT2D eigenvalue weighted by atomic mass is 19.1. The van der Waals surface area contributed by atoms with E-state index in [1.807, 2.05) is 0 Å². The second kappa shape index (κ2) is 6.84. The monoisotopic (exact) mass is 335 g/mol. The van der Waals surface area contributed by atoms with Crippen LogP contribution in [0.2, 0.25) is 0 Å². The van der Waals surface area contributed by atoms with Crippen LogP contribution in [0.4, 0.5) is 4.39 Å². The van der Waals surface area contributed by atoms with Crippen LogP contribution in [0.5, 0.6) is 0 Å². The molecule has 0 bridgehead atoms. The summed E-state index contributed by atoms with van der Waals surface area (Å²) < 4.78 is 19.0. The third kappa shape index (κ3) is 2.77. The number of rotatable bonds is 4. The molecule has 1 unspecified atom stereocenters. The van der Waals surface area contributed by atoms with Gasteiger partial charge in [-0.15, -0.1) is 0 Å². The molecule has 0 saturated carbocycles. The first-order chi connectivity index (χ1) is 11.6. The molecule has 7 heteroatoms. The topological polar surface area (TPSA) is 62.7 Å². The van der Waals surface area contributed by atoms with Crippen LogP contribution in [0.3, 0.4) is 0 Å². The van der Waals surface area contributed by atoms with Gasteiger partial charge in [-0.3, -0.25) is 14.6 Å². The molecular formula is C17H22FN3O3. The fourth-order valence-electron chi connectivity index (χ4n) is 3.83. The summed E-state index contributed by atoms with van der Waals surface area (Å²) >= 11 is 0. The van der Waals surface area contributed by atoms with Crippen LogP contribution >= 0.6 is 0 Å². The number of ether oxygens (including phenoxy) is 1. The molecule has 24 heavy (non-hydrogen) atoms. The fourth-order valence-corrected chi connectivity index (χ4v) is 3.83. The SMILES string of the molecule is COCCN1CCCC2(CCCN2C(=O)c2ccncc2F)C1=O. The average molecular weight is 335 g/mol. The van der Waals surface area contributed by atoms with E-state index in [0.717, 1.165) is 19.0 Å². The number of hydrogen-bond donors (Lipinski definition) is 0. The Labute approximate surface area is 140 Å². The summed E-state index contributed by atoms with van der Waals surface area (Å²) in [5.41, 5.74) is -0.855. The first-order valence-electron chi connectivity index (χ1n) is 8.30. The molecule has 1 aromatic rings. The number of halogens is 1. The normalized spacial score (nSPS) is 24.0. The molecule has 3 heterocycles. The van der Waals surface area contributed by atoms with Gasteiger partial charge < -0.3 is 14.5 Å². The van der Waals surface area contributed by atoms with Crippen LogP contribution in [0.1, 0.15) is 36.0 Å². The molecule has 2 aliphatic rings. The Balaban J connectivity index is 1.87. The number of aromatic nitrogens is 1. The molecule has 2 fully saturated rings. The lowest BCUT2D eigenvalue weighted by Crippen LogP contribution is -2.61. The first-order valence-corrected chi connectivity index (χ1v) is 8.30. The number of methoxy groups -OCH3 is 1. The van der Waals surface area contributed by atoms with Crippen molar-refractivity contribution in [2.24, 2.45) is 0 Å².